The van der Waals surface area contributed by atoms with E-state index in [0.29, 0.717) is 17.5 Å². The molecule has 0 amide bonds. The molecule has 0 saturated heterocycles. The number of nitrogens with one attached hydrogen (secondary N) is 2. The third-order valence-electron chi connectivity index (χ3n) is 3.26. The predicted octanol–water partition coefficient (Wildman–Crippen LogP) is 5.31. The smallest absolute Gasteiger partial charge is 0.229 e. The van der Waals surface area contributed by atoms with Gasteiger partial charge in [-0.1, -0.05) is 15.9 Å². The van der Waals surface area contributed by atoms with Crippen LogP contribution in [0.15, 0.2) is 53.1 Å². The van der Waals surface area contributed by atoms with E-state index in [-0.39, 0.29) is 0 Å². The van der Waals surface area contributed by atoms with Crippen LogP contribution in [0.5, 0.6) is 0 Å². The maximum atomic E-state index is 13.3. The normalized spacial score (nSPS) is 10.5. The van der Waals surface area contributed by atoms with Crippen molar-refractivity contribution in [2.45, 2.75) is 6.92 Å². The average molecular weight is 391 g/mol. The first-order valence-corrected chi connectivity index (χ1v) is 7.89. The molecule has 0 spiro atoms. The summed E-state index contributed by atoms with van der Waals surface area (Å²) in [5.41, 5.74) is 2.33. The van der Waals surface area contributed by atoms with Gasteiger partial charge in [0.25, 0.3) is 0 Å². The van der Waals surface area contributed by atoms with Crippen LogP contribution in [0.1, 0.15) is 5.56 Å². The molecule has 2 N–H and O–H groups in total. The summed E-state index contributed by atoms with van der Waals surface area (Å²) in [7, 11) is 0. The molecule has 0 fully saturated rings. The van der Waals surface area contributed by atoms with Crippen LogP contribution < -0.4 is 10.6 Å². The van der Waals surface area contributed by atoms with Crippen molar-refractivity contribution in [3.8, 4) is 0 Å². The fourth-order valence-electron chi connectivity index (χ4n) is 2.06. The Labute approximate surface area is 146 Å². The summed E-state index contributed by atoms with van der Waals surface area (Å²) in [6, 6.07) is 11.0. The number of aromatic nitrogens is 2. The fraction of sp³-hybridized carbons (Fsp3) is 0.0588. The number of hydrogen-bond acceptors (Lipinski definition) is 4. The van der Waals surface area contributed by atoms with E-state index in [9.17, 15) is 8.78 Å². The first-order valence-electron chi connectivity index (χ1n) is 7.09. The van der Waals surface area contributed by atoms with Gasteiger partial charge >= 0.3 is 0 Å². The molecule has 0 radical (unpaired) electrons. The van der Waals surface area contributed by atoms with Gasteiger partial charge in [-0.3, -0.25) is 0 Å². The molecular formula is C17H13BrF2N4. The summed E-state index contributed by atoms with van der Waals surface area (Å²) < 4.78 is 27.2. The molecule has 4 nitrogen and oxygen atoms in total. The lowest BCUT2D eigenvalue weighted by molar-refractivity contribution is 0.509. The molecule has 0 aliphatic carbocycles. The second kappa shape index (κ2) is 6.92. The highest BCUT2D eigenvalue weighted by Gasteiger charge is 2.05. The molecule has 1 aromatic heterocycles. The standard InChI is InChI=1S/C17H13BrF2N4/c1-10-8-11(2-4-13(10)18)23-17-21-7-6-16(24-17)22-12-3-5-14(19)15(20)9-12/h2-9H,1H3,(H2,21,22,23,24). The number of halogens is 3. The van der Waals surface area contributed by atoms with Gasteiger partial charge in [-0.15, -0.1) is 0 Å². The van der Waals surface area contributed by atoms with Crippen molar-refractivity contribution < 1.29 is 8.78 Å². The molecule has 0 unspecified atom stereocenters. The van der Waals surface area contributed by atoms with E-state index in [4.69, 9.17) is 0 Å². The van der Waals surface area contributed by atoms with E-state index in [0.717, 1.165) is 27.9 Å². The quantitative estimate of drug-likeness (QED) is 0.633. The molecule has 0 atom stereocenters. The van der Waals surface area contributed by atoms with Gasteiger partial charge < -0.3 is 10.6 Å². The average Bonchev–Trinajstić information content (AvgIpc) is 2.55. The number of hydrogen-bond donors (Lipinski definition) is 2. The van der Waals surface area contributed by atoms with Gasteiger partial charge in [0, 0.05) is 28.1 Å². The number of anilines is 4. The zero-order valence-electron chi connectivity index (χ0n) is 12.6. The number of rotatable bonds is 4. The summed E-state index contributed by atoms with van der Waals surface area (Å²) in [5.74, 6) is -0.953. The molecule has 1 heterocycles. The zero-order valence-corrected chi connectivity index (χ0v) is 14.2. The Morgan fingerprint density at radius 2 is 1.67 bits per heavy atom. The zero-order chi connectivity index (χ0) is 17.1. The Morgan fingerprint density at radius 3 is 2.42 bits per heavy atom. The summed E-state index contributed by atoms with van der Waals surface area (Å²) >= 11 is 3.45. The lowest BCUT2D eigenvalue weighted by atomic mass is 10.2. The van der Waals surface area contributed by atoms with Crippen LogP contribution in [0, 0.1) is 18.6 Å². The molecule has 24 heavy (non-hydrogen) atoms. The Hall–Kier alpha value is -2.54. The van der Waals surface area contributed by atoms with E-state index >= 15 is 0 Å². The van der Waals surface area contributed by atoms with Gasteiger partial charge in [-0.25, -0.2) is 13.8 Å². The molecular weight excluding hydrogens is 378 g/mol. The van der Waals surface area contributed by atoms with Crippen molar-refractivity contribution in [1.82, 2.24) is 9.97 Å². The Kier molecular flexibility index (Phi) is 4.71. The van der Waals surface area contributed by atoms with Crippen molar-refractivity contribution in [3.63, 3.8) is 0 Å². The monoisotopic (exact) mass is 390 g/mol. The maximum Gasteiger partial charge on any atom is 0.229 e. The Morgan fingerprint density at radius 1 is 0.917 bits per heavy atom. The van der Waals surface area contributed by atoms with Crippen LogP contribution in [0.2, 0.25) is 0 Å². The first-order chi connectivity index (χ1) is 11.5. The van der Waals surface area contributed by atoms with E-state index in [1.807, 2.05) is 25.1 Å². The molecule has 2 aromatic carbocycles. The van der Waals surface area contributed by atoms with Crippen molar-refractivity contribution in [3.05, 3.63) is 70.3 Å². The first kappa shape index (κ1) is 16.3. The minimum atomic E-state index is -0.919. The molecule has 0 aliphatic heterocycles. The lowest BCUT2D eigenvalue weighted by Gasteiger charge is -2.09. The fourth-order valence-corrected chi connectivity index (χ4v) is 2.31. The second-order valence-corrected chi connectivity index (χ2v) is 5.96. The van der Waals surface area contributed by atoms with Crippen LogP contribution >= 0.6 is 15.9 Å². The number of benzene rings is 2. The minimum Gasteiger partial charge on any atom is -0.340 e. The topological polar surface area (TPSA) is 49.8 Å². The van der Waals surface area contributed by atoms with Crippen molar-refractivity contribution in [2.75, 3.05) is 10.6 Å². The Balaban J connectivity index is 1.78. The Bertz CT molecular complexity index is 817. The predicted molar refractivity (Wildman–Crippen MR) is 93.8 cm³/mol. The summed E-state index contributed by atoms with van der Waals surface area (Å²) in [6.07, 6.45) is 1.57. The van der Waals surface area contributed by atoms with Crippen molar-refractivity contribution >= 4 is 39.1 Å². The van der Waals surface area contributed by atoms with Gasteiger partial charge in [-0.05, 0) is 48.9 Å². The SMILES string of the molecule is Cc1cc(Nc2nccc(Nc3ccc(F)c(F)c3)n2)ccc1Br. The van der Waals surface area contributed by atoms with Gasteiger partial charge in [0.2, 0.25) is 5.95 Å². The molecule has 3 aromatic rings. The third-order valence-corrected chi connectivity index (χ3v) is 4.15. The molecule has 3 rings (SSSR count). The molecule has 122 valence electrons. The second-order valence-electron chi connectivity index (χ2n) is 5.11. The maximum absolute atomic E-state index is 13.3. The van der Waals surface area contributed by atoms with Gasteiger partial charge in [-0.2, -0.15) is 4.98 Å². The summed E-state index contributed by atoms with van der Waals surface area (Å²) in [6.45, 7) is 1.98. The van der Waals surface area contributed by atoms with E-state index in [2.05, 4.69) is 36.5 Å². The van der Waals surface area contributed by atoms with E-state index in [1.165, 1.54) is 6.07 Å². The van der Waals surface area contributed by atoms with Gasteiger partial charge in [0.05, 0.1) is 0 Å². The highest BCUT2D eigenvalue weighted by atomic mass is 79.9. The highest BCUT2D eigenvalue weighted by molar-refractivity contribution is 9.10. The van der Waals surface area contributed by atoms with Crippen LogP contribution in [0.4, 0.5) is 31.9 Å². The van der Waals surface area contributed by atoms with Crippen LogP contribution in [-0.4, -0.2) is 9.97 Å². The number of nitrogens with zero attached hydrogens (tertiary/aromatic N) is 2. The van der Waals surface area contributed by atoms with Gasteiger partial charge in [0.1, 0.15) is 5.82 Å². The third kappa shape index (κ3) is 3.86. The minimum absolute atomic E-state index is 0.393. The van der Waals surface area contributed by atoms with Crippen LogP contribution in [-0.2, 0) is 0 Å². The van der Waals surface area contributed by atoms with Crippen molar-refractivity contribution in [2.24, 2.45) is 0 Å². The summed E-state index contributed by atoms with van der Waals surface area (Å²) in [4.78, 5) is 8.46. The number of aryl methyl sites for hydroxylation is 1. The summed E-state index contributed by atoms with van der Waals surface area (Å²) in [5, 5.41) is 6.01. The van der Waals surface area contributed by atoms with E-state index < -0.39 is 11.6 Å². The van der Waals surface area contributed by atoms with Crippen molar-refractivity contribution in [1.29, 1.82) is 0 Å². The molecule has 0 bridgehead atoms. The lowest BCUT2D eigenvalue weighted by Crippen LogP contribution is -2.01. The molecule has 0 saturated carbocycles. The van der Waals surface area contributed by atoms with Gasteiger partial charge in [0.15, 0.2) is 11.6 Å². The highest BCUT2D eigenvalue weighted by Crippen LogP contribution is 2.23. The largest absolute Gasteiger partial charge is 0.340 e. The van der Waals surface area contributed by atoms with Crippen LogP contribution in [0.25, 0.3) is 0 Å². The molecule has 0 aliphatic rings. The molecule has 7 heteroatoms. The van der Waals surface area contributed by atoms with Crippen LogP contribution in [0.3, 0.4) is 0 Å². The van der Waals surface area contributed by atoms with E-state index in [1.54, 1.807) is 12.3 Å².